The summed E-state index contributed by atoms with van der Waals surface area (Å²) in [5, 5.41) is 3.66. The maximum absolute atomic E-state index is 13.6. The number of benzene rings is 2. The molecule has 0 amide bonds. The summed E-state index contributed by atoms with van der Waals surface area (Å²) in [6.45, 7) is 2.89. The van der Waals surface area contributed by atoms with E-state index in [-0.39, 0.29) is 16.9 Å². The van der Waals surface area contributed by atoms with Gasteiger partial charge in [-0.05, 0) is 70.9 Å². The van der Waals surface area contributed by atoms with Crippen molar-refractivity contribution in [1.82, 2.24) is 5.32 Å². The van der Waals surface area contributed by atoms with Gasteiger partial charge in [-0.3, -0.25) is 0 Å². The van der Waals surface area contributed by atoms with Crippen LogP contribution in [0.4, 0.5) is 4.39 Å². The lowest BCUT2D eigenvalue weighted by Crippen LogP contribution is -2.23. The molecular formula is C16H15BrClFIN. The van der Waals surface area contributed by atoms with Crippen LogP contribution in [-0.4, -0.2) is 6.54 Å². The smallest absolute Gasteiger partial charge is 0.142 e. The quantitative estimate of drug-likeness (QED) is 0.536. The van der Waals surface area contributed by atoms with E-state index in [0.717, 1.165) is 22.1 Å². The van der Waals surface area contributed by atoms with E-state index in [2.05, 4.69) is 56.8 Å². The first-order valence-electron chi connectivity index (χ1n) is 6.64. The first kappa shape index (κ1) is 17.2. The third kappa shape index (κ3) is 4.41. The van der Waals surface area contributed by atoms with Gasteiger partial charge >= 0.3 is 0 Å². The third-order valence-corrected chi connectivity index (χ3v) is 5.06. The molecule has 2 rings (SSSR count). The van der Waals surface area contributed by atoms with Crippen molar-refractivity contribution in [2.75, 3.05) is 6.54 Å². The summed E-state index contributed by atoms with van der Waals surface area (Å²) >= 11 is 12.0. The normalized spacial score (nSPS) is 12.4. The number of rotatable bonds is 5. The molecule has 0 aromatic heterocycles. The van der Waals surface area contributed by atoms with E-state index in [4.69, 9.17) is 11.6 Å². The highest BCUT2D eigenvalue weighted by Gasteiger charge is 2.17. The Hall–Kier alpha value is -0.170. The van der Waals surface area contributed by atoms with E-state index in [1.54, 1.807) is 6.07 Å². The van der Waals surface area contributed by atoms with Gasteiger partial charge in [0.1, 0.15) is 5.82 Å². The molecule has 1 atom stereocenters. The maximum atomic E-state index is 13.6. The van der Waals surface area contributed by atoms with Gasteiger partial charge in [0, 0.05) is 14.1 Å². The van der Waals surface area contributed by atoms with Crippen LogP contribution in [0.2, 0.25) is 5.02 Å². The first-order valence-corrected chi connectivity index (χ1v) is 8.89. The van der Waals surface area contributed by atoms with Gasteiger partial charge in [-0.15, -0.1) is 0 Å². The molecule has 0 saturated heterocycles. The summed E-state index contributed by atoms with van der Waals surface area (Å²) < 4.78 is 15.8. The lowest BCUT2D eigenvalue weighted by Gasteiger charge is -2.21. The second kappa shape index (κ2) is 7.90. The summed E-state index contributed by atoms with van der Waals surface area (Å²) in [7, 11) is 0. The van der Waals surface area contributed by atoms with Crippen molar-refractivity contribution < 1.29 is 4.39 Å². The van der Waals surface area contributed by atoms with E-state index in [1.807, 2.05) is 18.2 Å². The van der Waals surface area contributed by atoms with Gasteiger partial charge in [-0.25, -0.2) is 4.39 Å². The van der Waals surface area contributed by atoms with Gasteiger partial charge in [-0.2, -0.15) is 0 Å². The molecule has 0 aliphatic heterocycles. The number of hydrogen-bond acceptors (Lipinski definition) is 1. The SMILES string of the molecule is CCNC(Cc1cccc(F)c1Cl)c1cc(I)ccc1Br. The standard InChI is InChI=1S/C16H15BrClFIN/c1-2-21-15(12-9-11(20)6-7-13(12)17)8-10-4-3-5-14(19)16(10)18/h3-7,9,15,21H,2,8H2,1H3. The minimum atomic E-state index is -0.369. The Morgan fingerprint density at radius 3 is 2.81 bits per heavy atom. The van der Waals surface area contributed by atoms with Gasteiger partial charge in [0.25, 0.3) is 0 Å². The van der Waals surface area contributed by atoms with Gasteiger partial charge in [0.15, 0.2) is 0 Å². The molecule has 0 aliphatic carbocycles. The zero-order chi connectivity index (χ0) is 15.4. The van der Waals surface area contributed by atoms with E-state index in [0.29, 0.717) is 6.42 Å². The van der Waals surface area contributed by atoms with Crippen LogP contribution in [0.15, 0.2) is 40.9 Å². The van der Waals surface area contributed by atoms with Crippen molar-refractivity contribution in [3.8, 4) is 0 Å². The van der Waals surface area contributed by atoms with Crippen LogP contribution in [0.3, 0.4) is 0 Å². The molecule has 5 heteroatoms. The van der Waals surface area contributed by atoms with Crippen LogP contribution >= 0.6 is 50.1 Å². The molecule has 0 aliphatic rings. The number of halogens is 4. The lowest BCUT2D eigenvalue weighted by atomic mass is 9.98. The molecule has 0 fully saturated rings. The topological polar surface area (TPSA) is 12.0 Å². The Labute approximate surface area is 151 Å². The fourth-order valence-electron chi connectivity index (χ4n) is 2.25. The van der Waals surface area contributed by atoms with Gasteiger partial charge in [0.2, 0.25) is 0 Å². The highest BCUT2D eigenvalue weighted by molar-refractivity contribution is 14.1. The highest BCUT2D eigenvalue weighted by atomic mass is 127. The molecule has 1 N–H and O–H groups in total. The van der Waals surface area contributed by atoms with Crippen molar-refractivity contribution in [2.24, 2.45) is 0 Å². The van der Waals surface area contributed by atoms with E-state index < -0.39 is 0 Å². The lowest BCUT2D eigenvalue weighted by molar-refractivity contribution is 0.545. The van der Waals surface area contributed by atoms with Crippen LogP contribution in [0, 0.1) is 9.39 Å². The summed E-state index contributed by atoms with van der Waals surface area (Å²) in [5.74, 6) is -0.369. The molecule has 21 heavy (non-hydrogen) atoms. The molecule has 0 heterocycles. The monoisotopic (exact) mass is 481 g/mol. The van der Waals surface area contributed by atoms with Crippen LogP contribution < -0.4 is 5.32 Å². The van der Waals surface area contributed by atoms with Gasteiger partial charge in [-0.1, -0.05) is 46.6 Å². The molecule has 0 spiro atoms. The molecular weight excluding hydrogens is 467 g/mol. The molecule has 1 nitrogen and oxygen atoms in total. The summed E-state index contributed by atoms with van der Waals surface area (Å²) in [6, 6.07) is 11.3. The Morgan fingerprint density at radius 1 is 1.33 bits per heavy atom. The third-order valence-electron chi connectivity index (χ3n) is 3.24. The minimum absolute atomic E-state index is 0.0818. The largest absolute Gasteiger partial charge is 0.310 e. The van der Waals surface area contributed by atoms with E-state index >= 15 is 0 Å². The van der Waals surface area contributed by atoms with Crippen molar-refractivity contribution in [3.63, 3.8) is 0 Å². The number of likely N-dealkylation sites (N-methyl/N-ethyl adjacent to an activating group) is 1. The molecule has 0 saturated carbocycles. The average molecular weight is 483 g/mol. The molecule has 2 aromatic carbocycles. The predicted octanol–water partition coefficient (Wildman–Crippen LogP) is 5.74. The summed E-state index contributed by atoms with van der Waals surface area (Å²) in [4.78, 5) is 0. The van der Waals surface area contributed by atoms with Crippen LogP contribution in [-0.2, 0) is 6.42 Å². The zero-order valence-corrected chi connectivity index (χ0v) is 16.0. The summed E-state index contributed by atoms with van der Waals surface area (Å²) in [6.07, 6.45) is 0.642. The van der Waals surface area contributed by atoms with Crippen LogP contribution in [0.1, 0.15) is 24.1 Å². The highest BCUT2D eigenvalue weighted by Crippen LogP contribution is 2.30. The Balaban J connectivity index is 2.35. The summed E-state index contributed by atoms with van der Waals surface area (Å²) in [5.41, 5.74) is 1.97. The Morgan fingerprint density at radius 2 is 2.10 bits per heavy atom. The number of nitrogens with one attached hydrogen (secondary N) is 1. The second-order valence-electron chi connectivity index (χ2n) is 4.69. The minimum Gasteiger partial charge on any atom is -0.310 e. The van der Waals surface area contributed by atoms with Crippen molar-refractivity contribution >= 4 is 50.1 Å². The Bertz CT molecular complexity index is 636. The molecule has 0 bridgehead atoms. The zero-order valence-electron chi connectivity index (χ0n) is 11.5. The molecule has 2 aromatic rings. The first-order chi connectivity index (χ1) is 10.0. The van der Waals surface area contributed by atoms with Crippen molar-refractivity contribution in [1.29, 1.82) is 0 Å². The molecule has 112 valence electrons. The fourth-order valence-corrected chi connectivity index (χ4v) is 3.49. The number of hydrogen-bond donors (Lipinski definition) is 1. The van der Waals surface area contributed by atoms with Crippen molar-refractivity contribution in [3.05, 3.63) is 66.4 Å². The van der Waals surface area contributed by atoms with Crippen LogP contribution in [0.25, 0.3) is 0 Å². The van der Waals surface area contributed by atoms with Gasteiger partial charge in [0.05, 0.1) is 5.02 Å². The van der Waals surface area contributed by atoms with E-state index in [1.165, 1.54) is 9.64 Å². The average Bonchev–Trinajstić information content (AvgIpc) is 2.46. The van der Waals surface area contributed by atoms with Crippen LogP contribution in [0.5, 0.6) is 0 Å². The fraction of sp³-hybridized carbons (Fsp3) is 0.250. The molecule has 0 radical (unpaired) electrons. The van der Waals surface area contributed by atoms with Gasteiger partial charge < -0.3 is 5.32 Å². The Kier molecular flexibility index (Phi) is 6.47. The van der Waals surface area contributed by atoms with Crippen molar-refractivity contribution in [2.45, 2.75) is 19.4 Å². The van der Waals surface area contributed by atoms with E-state index in [9.17, 15) is 4.39 Å². The predicted molar refractivity (Wildman–Crippen MR) is 98.4 cm³/mol. The second-order valence-corrected chi connectivity index (χ2v) is 7.17. The molecule has 1 unspecified atom stereocenters. The maximum Gasteiger partial charge on any atom is 0.142 e.